The molecule has 0 aromatic heterocycles. The molecule has 0 aromatic rings. The fraction of sp³-hybridized carbons (Fsp3) is 0.833. The summed E-state index contributed by atoms with van der Waals surface area (Å²) in [5.41, 5.74) is 0. The monoisotopic (exact) mass is 181 g/mol. The summed E-state index contributed by atoms with van der Waals surface area (Å²) in [6.45, 7) is 7.18. The zero-order valence-corrected chi connectivity index (χ0v) is 8.89. The van der Waals surface area contributed by atoms with Crippen LogP contribution in [-0.2, 0) is 0 Å². The minimum Gasteiger partial charge on any atom is -0.314 e. The number of allylic oxidation sites excluding steroid dienone is 1. The molecule has 1 N–H and O–H groups in total. The van der Waals surface area contributed by atoms with Gasteiger partial charge in [-0.3, -0.25) is 0 Å². The van der Waals surface area contributed by atoms with Crippen LogP contribution in [0.4, 0.5) is 0 Å². The van der Waals surface area contributed by atoms with Crippen molar-refractivity contribution in [2.45, 2.75) is 51.5 Å². The van der Waals surface area contributed by atoms with Crippen LogP contribution in [0.5, 0.6) is 0 Å². The van der Waals surface area contributed by atoms with Gasteiger partial charge in [0.05, 0.1) is 0 Å². The van der Waals surface area contributed by atoms with Gasteiger partial charge in [-0.05, 0) is 38.1 Å². The molecule has 1 unspecified atom stereocenters. The van der Waals surface area contributed by atoms with Crippen LogP contribution >= 0.6 is 0 Å². The Morgan fingerprint density at radius 2 is 2.31 bits per heavy atom. The van der Waals surface area contributed by atoms with Crippen LogP contribution in [0.3, 0.4) is 0 Å². The molecule has 1 atom stereocenters. The summed E-state index contributed by atoms with van der Waals surface area (Å²) in [5.74, 6) is 1.05. The van der Waals surface area contributed by atoms with Crippen LogP contribution in [0.2, 0.25) is 0 Å². The summed E-state index contributed by atoms with van der Waals surface area (Å²) >= 11 is 0. The molecule has 1 rings (SSSR count). The van der Waals surface area contributed by atoms with Crippen LogP contribution in [0.1, 0.15) is 45.4 Å². The van der Waals surface area contributed by atoms with E-state index in [1.807, 2.05) is 6.08 Å². The van der Waals surface area contributed by atoms with Crippen molar-refractivity contribution in [1.82, 2.24) is 5.32 Å². The van der Waals surface area contributed by atoms with Gasteiger partial charge in [0.15, 0.2) is 0 Å². The molecular weight excluding hydrogens is 158 g/mol. The molecule has 0 saturated heterocycles. The van der Waals surface area contributed by atoms with Crippen molar-refractivity contribution in [3.05, 3.63) is 12.7 Å². The Bertz CT molecular complexity index is 138. The van der Waals surface area contributed by atoms with Gasteiger partial charge >= 0.3 is 0 Å². The normalized spacial score (nSPS) is 18.5. The van der Waals surface area contributed by atoms with Crippen LogP contribution in [0, 0.1) is 5.92 Å². The van der Waals surface area contributed by atoms with Crippen molar-refractivity contribution in [3.8, 4) is 0 Å². The van der Waals surface area contributed by atoms with Crippen molar-refractivity contribution < 1.29 is 0 Å². The quantitative estimate of drug-likeness (QED) is 0.448. The van der Waals surface area contributed by atoms with Crippen molar-refractivity contribution in [1.29, 1.82) is 0 Å². The van der Waals surface area contributed by atoms with Gasteiger partial charge in [-0.1, -0.05) is 25.8 Å². The van der Waals surface area contributed by atoms with E-state index in [2.05, 4.69) is 18.8 Å². The summed E-state index contributed by atoms with van der Waals surface area (Å²) in [5, 5.41) is 3.63. The highest BCUT2D eigenvalue weighted by Gasteiger charge is 2.24. The fourth-order valence-corrected chi connectivity index (χ4v) is 1.70. The van der Waals surface area contributed by atoms with E-state index in [0.29, 0.717) is 0 Å². The number of rotatable bonds is 8. The molecule has 0 amide bonds. The highest BCUT2D eigenvalue weighted by Crippen LogP contribution is 2.33. The molecule has 76 valence electrons. The summed E-state index contributed by atoms with van der Waals surface area (Å²) < 4.78 is 0. The lowest BCUT2D eigenvalue weighted by molar-refractivity contribution is 0.443. The van der Waals surface area contributed by atoms with Crippen molar-refractivity contribution in [3.63, 3.8) is 0 Å². The molecule has 0 bridgehead atoms. The van der Waals surface area contributed by atoms with E-state index < -0.39 is 0 Å². The molecule has 1 nitrogen and oxygen atoms in total. The fourth-order valence-electron chi connectivity index (χ4n) is 1.70. The molecule has 1 aliphatic carbocycles. The average molecular weight is 181 g/mol. The topological polar surface area (TPSA) is 12.0 Å². The lowest BCUT2D eigenvalue weighted by Crippen LogP contribution is -2.29. The second kappa shape index (κ2) is 6.20. The van der Waals surface area contributed by atoms with Gasteiger partial charge in [0.25, 0.3) is 0 Å². The van der Waals surface area contributed by atoms with E-state index in [1.54, 1.807) is 0 Å². The van der Waals surface area contributed by atoms with E-state index in [4.69, 9.17) is 0 Å². The minimum atomic E-state index is 0.775. The number of nitrogens with one attached hydrogen (secondary N) is 1. The van der Waals surface area contributed by atoms with E-state index in [9.17, 15) is 0 Å². The SMILES string of the molecule is C=CCCCNC(CC)CC1CC1. The second-order valence-electron chi connectivity index (χ2n) is 4.17. The zero-order chi connectivity index (χ0) is 9.52. The van der Waals surface area contributed by atoms with Gasteiger partial charge in [-0.15, -0.1) is 6.58 Å². The summed E-state index contributed by atoms with van der Waals surface area (Å²) in [6, 6.07) is 0.775. The molecule has 1 fully saturated rings. The predicted molar refractivity (Wildman–Crippen MR) is 58.9 cm³/mol. The largest absolute Gasteiger partial charge is 0.314 e. The van der Waals surface area contributed by atoms with Crippen LogP contribution < -0.4 is 5.32 Å². The standard InChI is InChI=1S/C12H23N/c1-3-5-6-9-13-12(4-2)10-11-7-8-11/h3,11-13H,1,4-10H2,2H3. The molecule has 0 heterocycles. The highest BCUT2D eigenvalue weighted by atomic mass is 14.9. The van der Waals surface area contributed by atoms with Gasteiger partial charge in [0.2, 0.25) is 0 Å². The zero-order valence-electron chi connectivity index (χ0n) is 8.89. The predicted octanol–water partition coefficient (Wildman–Crippen LogP) is 3.12. The first-order valence-corrected chi connectivity index (χ1v) is 5.71. The maximum atomic E-state index is 3.73. The first-order valence-electron chi connectivity index (χ1n) is 5.71. The lowest BCUT2D eigenvalue weighted by atomic mass is 10.1. The Labute approximate surface area is 82.6 Å². The molecule has 1 saturated carbocycles. The maximum absolute atomic E-state index is 3.73. The first kappa shape index (κ1) is 10.8. The Kier molecular flexibility index (Phi) is 5.14. The van der Waals surface area contributed by atoms with Gasteiger partial charge < -0.3 is 5.32 Å². The van der Waals surface area contributed by atoms with E-state index in [0.717, 1.165) is 24.9 Å². The van der Waals surface area contributed by atoms with Crippen LogP contribution in [0.15, 0.2) is 12.7 Å². The van der Waals surface area contributed by atoms with Gasteiger partial charge in [0, 0.05) is 6.04 Å². The van der Waals surface area contributed by atoms with Crippen molar-refractivity contribution >= 4 is 0 Å². The molecule has 0 radical (unpaired) electrons. The molecule has 0 spiro atoms. The molecule has 1 aliphatic rings. The third-order valence-electron chi connectivity index (χ3n) is 2.83. The van der Waals surface area contributed by atoms with Gasteiger partial charge in [-0.2, -0.15) is 0 Å². The summed E-state index contributed by atoms with van der Waals surface area (Å²) in [7, 11) is 0. The van der Waals surface area contributed by atoms with Gasteiger partial charge in [-0.25, -0.2) is 0 Å². The molecule has 0 aliphatic heterocycles. The van der Waals surface area contributed by atoms with Crippen LogP contribution in [-0.4, -0.2) is 12.6 Å². The van der Waals surface area contributed by atoms with Gasteiger partial charge in [0.1, 0.15) is 0 Å². The number of hydrogen-bond donors (Lipinski definition) is 1. The average Bonchev–Trinajstić information content (AvgIpc) is 2.94. The number of hydrogen-bond acceptors (Lipinski definition) is 1. The third-order valence-corrected chi connectivity index (χ3v) is 2.83. The Morgan fingerprint density at radius 3 is 2.85 bits per heavy atom. The van der Waals surface area contributed by atoms with E-state index in [-0.39, 0.29) is 0 Å². The molecule has 1 heteroatoms. The highest BCUT2D eigenvalue weighted by molar-refractivity contribution is 4.79. The van der Waals surface area contributed by atoms with E-state index >= 15 is 0 Å². The third kappa shape index (κ3) is 5.09. The smallest absolute Gasteiger partial charge is 0.00670 e. The maximum Gasteiger partial charge on any atom is 0.00670 e. The first-order chi connectivity index (χ1) is 6.36. The Morgan fingerprint density at radius 1 is 1.54 bits per heavy atom. The molecular formula is C12H23N. The summed E-state index contributed by atoms with van der Waals surface area (Å²) in [4.78, 5) is 0. The van der Waals surface area contributed by atoms with Crippen molar-refractivity contribution in [2.75, 3.05) is 6.54 Å². The summed E-state index contributed by atoms with van der Waals surface area (Å²) in [6.07, 6.45) is 10.0. The Hall–Kier alpha value is -0.300. The molecule has 0 aromatic carbocycles. The second-order valence-corrected chi connectivity index (χ2v) is 4.17. The van der Waals surface area contributed by atoms with Crippen LogP contribution in [0.25, 0.3) is 0 Å². The van der Waals surface area contributed by atoms with E-state index in [1.165, 1.54) is 32.1 Å². The Balaban J connectivity index is 1.97. The number of unbranched alkanes of at least 4 members (excludes halogenated alkanes) is 1. The molecule has 13 heavy (non-hydrogen) atoms. The van der Waals surface area contributed by atoms with Crippen molar-refractivity contribution in [2.24, 2.45) is 5.92 Å². The lowest BCUT2D eigenvalue weighted by Gasteiger charge is -2.15. The minimum absolute atomic E-state index is 0.775.